The highest BCUT2D eigenvalue weighted by Gasteiger charge is 2.15. The van der Waals surface area contributed by atoms with E-state index in [1.807, 2.05) is 54.6 Å². The van der Waals surface area contributed by atoms with Gasteiger partial charge in [0.05, 0.1) is 25.0 Å². The molecule has 0 saturated carbocycles. The Hall–Kier alpha value is -2.62. The third-order valence-electron chi connectivity index (χ3n) is 3.87. The van der Waals surface area contributed by atoms with Gasteiger partial charge in [0.2, 0.25) is 0 Å². The van der Waals surface area contributed by atoms with Gasteiger partial charge in [-0.15, -0.1) is 0 Å². The SMILES string of the molecule is CCOc1cccc(C#N)c1.OCN1CCN(c2ccncc2)CC1. The van der Waals surface area contributed by atoms with Gasteiger partial charge in [0.15, 0.2) is 0 Å². The van der Waals surface area contributed by atoms with Crippen LogP contribution >= 0.6 is 0 Å². The molecule has 0 aliphatic carbocycles. The van der Waals surface area contributed by atoms with Crippen molar-refractivity contribution in [2.75, 3.05) is 44.4 Å². The molecule has 0 radical (unpaired) electrons. The molecule has 132 valence electrons. The Morgan fingerprint density at radius 1 is 1.16 bits per heavy atom. The number of hydrogen-bond acceptors (Lipinski definition) is 6. The van der Waals surface area contributed by atoms with Crippen LogP contribution in [-0.2, 0) is 0 Å². The third-order valence-corrected chi connectivity index (χ3v) is 3.87. The van der Waals surface area contributed by atoms with Gasteiger partial charge in [-0.05, 0) is 37.3 Å². The molecule has 0 atom stereocenters. The van der Waals surface area contributed by atoms with E-state index >= 15 is 0 Å². The van der Waals surface area contributed by atoms with Crippen LogP contribution in [0, 0.1) is 11.3 Å². The highest BCUT2D eigenvalue weighted by molar-refractivity contribution is 5.44. The zero-order valence-electron chi connectivity index (χ0n) is 14.5. The molecule has 1 aromatic heterocycles. The second-order valence-electron chi connectivity index (χ2n) is 5.52. The van der Waals surface area contributed by atoms with Crippen molar-refractivity contribution in [2.24, 2.45) is 0 Å². The maximum absolute atomic E-state index is 8.95. The summed E-state index contributed by atoms with van der Waals surface area (Å²) >= 11 is 0. The van der Waals surface area contributed by atoms with Gasteiger partial charge < -0.3 is 14.7 Å². The van der Waals surface area contributed by atoms with Crippen LogP contribution in [0.5, 0.6) is 5.75 Å². The zero-order valence-corrected chi connectivity index (χ0v) is 14.5. The summed E-state index contributed by atoms with van der Waals surface area (Å²) in [7, 11) is 0. The van der Waals surface area contributed by atoms with E-state index in [9.17, 15) is 0 Å². The molecule has 1 aliphatic rings. The Morgan fingerprint density at radius 2 is 1.88 bits per heavy atom. The van der Waals surface area contributed by atoms with Crippen LogP contribution < -0.4 is 9.64 Å². The van der Waals surface area contributed by atoms with Crippen molar-refractivity contribution >= 4 is 5.69 Å². The second-order valence-corrected chi connectivity index (χ2v) is 5.52. The first kappa shape index (κ1) is 18.7. The number of rotatable bonds is 4. The Balaban J connectivity index is 0.000000186. The van der Waals surface area contributed by atoms with Crippen LogP contribution in [0.15, 0.2) is 48.8 Å². The highest BCUT2D eigenvalue weighted by Crippen LogP contribution is 2.14. The summed E-state index contributed by atoms with van der Waals surface area (Å²) in [6.45, 7) is 6.53. The van der Waals surface area contributed by atoms with Crippen molar-refractivity contribution in [1.82, 2.24) is 9.88 Å². The van der Waals surface area contributed by atoms with Gasteiger partial charge in [0.25, 0.3) is 0 Å². The summed E-state index contributed by atoms with van der Waals surface area (Å²) in [5, 5.41) is 17.5. The van der Waals surface area contributed by atoms with E-state index in [1.54, 1.807) is 12.1 Å². The monoisotopic (exact) mass is 340 g/mol. The average molecular weight is 340 g/mol. The molecule has 1 aromatic carbocycles. The quantitative estimate of drug-likeness (QED) is 0.919. The van der Waals surface area contributed by atoms with Crippen LogP contribution in [-0.4, -0.2) is 54.5 Å². The summed E-state index contributed by atoms with van der Waals surface area (Å²) in [4.78, 5) is 8.35. The first-order valence-corrected chi connectivity index (χ1v) is 8.38. The topological polar surface area (TPSA) is 72.6 Å². The van der Waals surface area contributed by atoms with Gasteiger partial charge in [-0.1, -0.05) is 6.07 Å². The molecule has 1 N–H and O–H groups in total. The van der Waals surface area contributed by atoms with E-state index in [0.717, 1.165) is 31.9 Å². The number of aliphatic hydroxyl groups excluding tert-OH is 1. The van der Waals surface area contributed by atoms with Crippen LogP contribution in [0.4, 0.5) is 5.69 Å². The largest absolute Gasteiger partial charge is 0.494 e. The molecule has 0 amide bonds. The van der Waals surface area contributed by atoms with Crippen LogP contribution in [0.25, 0.3) is 0 Å². The van der Waals surface area contributed by atoms with Gasteiger partial charge >= 0.3 is 0 Å². The first-order valence-electron chi connectivity index (χ1n) is 8.38. The standard InChI is InChI=1S/C10H15N3O.C9H9NO/c14-9-12-5-7-13(8-6-12)10-1-3-11-4-2-10;1-2-11-9-5-3-4-8(6-9)7-10/h1-4,14H,5-9H2;3-6H,2H2,1H3. The lowest BCUT2D eigenvalue weighted by Crippen LogP contribution is -2.46. The van der Waals surface area contributed by atoms with E-state index < -0.39 is 0 Å². The second kappa shape index (κ2) is 10.3. The number of nitriles is 1. The van der Waals surface area contributed by atoms with Gasteiger partial charge in [0, 0.05) is 44.3 Å². The van der Waals surface area contributed by atoms with Crippen molar-refractivity contribution in [3.63, 3.8) is 0 Å². The molecular formula is C19H24N4O2. The molecule has 6 heteroatoms. The smallest absolute Gasteiger partial charge is 0.120 e. The molecule has 3 rings (SSSR count). The minimum absolute atomic E-state index is 0.171. The number of ether oxygens (including phenoxy) is 1. The lowest BCUT2D eigenvalue weighted by molar-refractivity contribution is 0.102. The minimum atomic E-state index is 0.171. The molecular weight excluding hydrogens is 316 g/mol. The maximum atomic E-state index is 8.95. The molecule has 0 spiro atoms. The lowest BCUT2D eigenvalue weighted by Gasteiger charge is -2.34. The lowest BCUT2D eigenvalue weighted by atomic mass is 10.2. The maximum Gasteiger partial charge on any atom is 0.120 e. The number of anilines is 1. The van der Waals surface area contributed by atoms with Crippen molar-refractivity contribution in [1.29, 1.82) is 5.26 Å². The number of aromatic nitrogens is 1. The van der Waals surface area contributed by atoms with Crippen molar-refractivity contribution < 1.29 is 9.84 Å². The fourth-order valence-corrected chi connectivity index (χ4v) is 2.52. The van der Waals surface area contributed by atoms with E-state index in [-0.39, 0.29) is 6.73 Å². The Kier molecular flexibility index (Phi) is 7.70. The predicted molar refractivity (Wildman–Crippen MR) is 97.4 cm³/mol. The highest BCUT2D eigenvalue weighted by atomic mass is 16.5. The molecule has 1 fully saturated rings. The van der Waals surface area contributed by atoms with Crippen molar-refractivity contribution in [2.45, 2.75) is 6.92 Å². The van der Waals surface area contributed by atoms with Crippen molar-refractivity contribution in [3.8, 4) is 11.8 Å². The summed E-state index contributed by atoms with van der Waals surface area (Å²) < 4.78 is 5.20. The van der Waals surface area contributed by atoms with Gasteiger partial charge in [-0.2, -0.15) is 5.26 Å². The Labute approximate surface area is 148 Å². The van der Waals surface area contributed by atoms with Crippen LogP contribution in [0.3, 0.4) is 0 Å². The summed E-state index contributed by atoms with van der Waals surface area (Å²) in [5.41, 5.74) is 1.86. The molecule has 0 unspecified atom stereocenters. The number of pyridine rings is 1. The number of piperazine rings is 1. The summed E-state index contributed by atoms with van der Waals surface area (Å²) in [6.07, 6.45) is 3.63. The van der Waals surface area contributed by atoms with Gasteiger partial charge in [-0.25, -0.2) is 0 Å². The van der Waals surface area contributed by atoms with E-state index in [1.165, 1.54) is 5.69 Å². The zero-order chi connectivity index (χ0) is 17.9. The first-order chi connectivity index (χ1) is 12.3. The molecule has 2 heterocycles. The van der Waals surface area contributed by atoms with E-state index in [2.05, 4.69) is 9.88 Å². The van der Waals surface area contributed by atoms with E-state index in [0.29, 0.717) is 12.2 Å². The van der Waals surface area contributed by atoms with Crippen LogP contribution in [0.1, 0.15) is 12.5 Å². The summed E-state index contributed by atoms with van der Waals surface area (Å²) in [6, 6.07) is 13.2. The molecule has 2 aromatic rings. The predicted octanol–water partition coefficient (Wildman–Crippen LogP) is 2.11. The normalized spacial score (nSPS) is 14.2. The molecule has 1 aliphatic heterocycles. The van der Waals surface area contributed by atoms with Gasteiger partial charge in [-0.3, -0.25) is 9.88 Å². The van der Waals surface area contributed by atoms with Gasteiger partial charge in [0.1, 0.15) is 5.75 Å². The Bertz CT molecular complexity index is 665. The molecule has 1 saturated heterocycles. The number of aliphatic hydroxyl groups is 1. The number of nitrogens with zero attached hydrogens (tertiary/aromatic N) is 4. The molecule has 6 nitrogen and oxygen atoms in total. The molecule has 0 bridgehead atoms. The fourth-order valence-electron chi connectivity index (χ4n) is 2.52. The van der Waals surface area contributed by atoms with E-state index in [4.69, 9.17) is 15.1 Å². The third kappa shape index (κ3) is 6.07. The number of benzene rings is 1. The average Bonchev–Trinajstić information content (AvgIpc) is 2.70. The van der Waals surface area contributed by atoms with Crippen LogP contribution in [0.2, 0.25) is 0 Å². The minimum Gasteiger partial charge on any atom is -0.494 e. The summed E-state index contributed by atoms with van der Waals surface area (Å²) in [5.74, 6) is 0.756. The van der Waals surface area contributed by atoms with Crippen molar-refractivity contribution in [3.05, 3.63) is 54.4 Å². The fraction of sp³-hybridized carbons (Fsp3) is 0.368. The molecule has 25 heavy (non-hydrogen) atoms. The number of hydrogen-bond donors (Lipinski definition) is 1. The Morgan fingerprint density at radius 3 is 2.48 bits per heavy atom.